The van der Waals surface area contributed by atoms with Crippen molar-refractivity contribution < 1.29 is 14.2 Å². The predicted octanol–water partition coefficient (Wildman–Crippen LogP) is 6.27. The maximum Gasteiger partial charge on any atom is 0.319 e. The van der Waals surface area contributed by atoms with E-state index in [9.17, 15) is 5.11 Å². The van der Waals surface area contributed by atoms with Crippen LogP contribution in [-0.4, -0.2) is 71.4 Å². The van der Waals surface area contributed by atoms with Crippen molar-refractivity contribution in [2.45, 2.75) is 69.5 Å². The van der Waals surface area contributed by atoms with Crippen LogP contribution in [0.2, 0.25) is 0 Å². The van der Waals surface area contributed by atoms with Crippen LogP contribution in [0.5, 0.6) is 11.8 Å². The Kier molecular flexibility index (Phi) is 6.67. The van der Waals surface area contributed by atoms with Gasteiger partial charge in [-0.05, 0) is 93.1 Å². The van der Waals surface area contributed by atoms with Gasteiger partial charge in [-0.1, -0.05) is 36.8 Å². The monoisotopic (exact) mass is 581 g/mol. The highest BCUT2D eigenvalue weighted by molar-refractivity contribution is 6.01. The maximum atomic E-state index is 16.8. The second kappa shape index (κ2) is 10.6. The highest BCUT2D eigenvalue weighted by atomic mass is 19.1. The van der Waals surface area contributed by atoms with Crippen LogP contribution in [0.1, 0.15) is 51.4 Å². The van der Waals surface area contributed by atoms with Gasteiger partial charge in [0.1, 0.15) is 17.1 Å². The van der Waals surface area contributed by atoms with E-state index in [0.717, 1.165) is 61.9 Å². The van der Waals surface area contributed by atoms with E-state index in [0.29, 0.717) is 41.2 Å². The minimum Gasteiger partial charge on any atom is -0.508 e. The average molecular weight is 582 g/mol. The van der Waals surface area contributed by atoms with Gasteiger partial charge in [0.15, 0.2) is 5.82 Å². The molecule has 4 fully saturated rings. The average Bonchev–Trinajstić information content (AvgIpc) is 3.59. The van der Waals surface area contributed by atoms with E-state index in [1.54, 1.807) is 12.1 Å². The number of fused-ring (bicyclic) bond motifs is 5. The van der Waals surface area contributed by atoms with Gasteiger partial charge in [0, 0.05) is 47.6 Å². The van der Waals surface area contributed by atoms with Crippen molar-refractivity contribution in [3.05, 3.63) is 54.3 Å². The van der Waals surface area contributed by atoms with E-state index >= 15 is 4.39 Å². The molecule has 8 rings (SSSR count). The molecule has 0 amide bonds. The smallest absolute Gasteiger partial charge is 0.319 e. The van der Waals surface area contributed by atoms with Gasteiger partial charge in [-0.2, -0.15) is 9.97 Å². The first-order valence-corrected chi connectivity index (χ1v) is 16.0. The molecule has 1 aliphatic carbocycles. The molecule has 43 heavy (non-hydrogen) atoms. The summed E-state index contributed by atoms with van der Waals surface area (Å²) in [7, 11) is 2.23. The van der Waals surface area contributed by atoms with Crippen molar-refractivity contribution in [1.82, 2.24) is 20.2 Å². The number of hydrogen-bond acceptors (Lipinski definition) is 7. The Morgan fingerprint density at radius 2 is 1.81 bits per heavy atom. The van der Waals surface area contributed by atoms with E-state index in [-0.39, 0.29) is 22.7 Å². The van der Waals surface area contributed by atoms with Crippen LogP contribution in [0.3, 0.4) is 0 Å². The zero-order valence-corrected chi connectivity index (χ0v) is 24.9. The van der Waals surface area contributed by atoms with E-state index in [2.05, 4.69) is 22.2 Å². The number of piperidine rings is 1. The minimum absolute atomic E-state index is 0.0953. The fourth-order valence-electron chi connectivity index (χ4n) is 8.68. The Morgan fingerprint density at radius 1 is 0.953 bits per heavy atom. The molecule has 7 nitrogen and oxygen atoms in total. The van der Waals surface area contributed by atoms with Gasteiger partial charge >= 0.3 is 6.01 Å². The summed E-state index contributed by atoms with van der Waals surface area (Å²) in [5, 5.41) is 16.7. The normalized spacial score (nSPS) is 27.5. The van der Waals surface area contributed by atoms with Gasteiger partial charge in [0.25, 0.3) is 0 Å². The molecule has 0 spiro atoms. The quantitative estimate of drug-likeness (QED) is 0.288. The van der Waals surface area contributed by atoms with Gasteiger partial charge < -0.3 is 25.0 Å². The molecule has 8 heteroatoms. The molecule has 224 valence electrons. The predicted molar refractivity (Wildman–Crippen MR) is 168 cm³/mol. The molecule has 4 heterocycles. The Hall–Kier alpha value is -3.49. The Morgan fingerprint density at radius 3 is 2.74 bits per heavy atom. The number of aromatic hydroxyl groups is 1. The molecular weight excluding hydrogens is 541 g/mol. The lowest BCUT2D eigenvalue weighted by atomic mass is 9.76. The first kappa shape index (κ1) is 27.1. The van der Waals surface area contributed by atoms with Crippen LogP contribution in [0.4, 0.5) is 10.2 Å². The molecule has 4 unspecified atom stereocenters. The molecular formula is C35H40FN5O2. The van der Waals surface area contributed by atoms with Gasteiger partial charge in [-0.15, -0.1) is 0 Å². The number of ether oxygens (including phenoxy) is 1. The van der Waals surface area contributed by atoms with Crippen LogP contribution >= 0.6 is 0 Å². The molecule has 0 radical (unpaired) electrons. The molecule has 4 atom stereocenters. The maximum absolute atomic E-state index is 16.8. The summed E-state index contributed by atoms with van der Waals surface area (Å²) in [6.45, 7) is 3.38. The molecule has 3 aliphatic heterocycles. The zero-order valence-electron chi connectivity index (χ0n) is 24.9. The number of hydrogen-bond donors (Lipinski definition) is 2. The highest BCUT2D eigenvalue weighted by Gasteiger charge is 2.47. The molecule has 1 saturated carbocycles. The Labute approximate surface area is 252 Å². The van der Waals surface area contributed by atoms with E-state index in [1.807, 2.05) is 36.4 Å². The van der Waals surface area contributed by atoms with Crippen molar-refractivity contribution >= 4 is 27.5 Å². The summed E-state index contributed by atoms with van der Waals surface area (Å²) >= 11 is 0. The van der Waals surface area contributed by atoms with Crippen molar-refractivity contribution in [1.29, 1.82) is 0 Å². The lowest BCUT2D eigenvalue weighted by Gasteiger charge is -2.44. The summed E-state index contributed by atoms with van der Waals surface area (Å²) in [5.41, 5.74) is 1.42. The number of aromatic nitrogens is 2. The van der Waals surface area contributed by atoms with E-state index < -0.39 is 5.82 Å². The van der Waals surface area contributed by atoms with Crippen LogP contribution < -0.4 is 15.0 Å². The lowest BCUT2D eigenvalue weighted by Crippen LogP contribution is -2.50. The molecule has 2 N–H and O–H groups in total. The molecule has 3 saturated heterocycles. The third-order valence-electron chi connectivity index (χ3n) is 10.8. The highest BCUT2D eigenvalue weighted by Crippen LogP contribution is 2.47. The molecule has 4 aliphatic rings. The standard InChI is InChI=1S/C35H40FN5O2/c1-40-16-5-15-35(14-4-8-30(35)40)21-43-34-38-32-28(33(39-34)41-17-13-23-9-10-24(20-41)37-23)12-11-27(31(32)36)29-19-25(42)18-22-6-2-3-7-26(22)29/h2-3,6-7,11-12,18-19,23-24,30,37,42H,4-5,8-10,13-17,20-21H2,1H3. The lowest BCUT2D eigenvalue weighted by molar-refractivity contribution is 0.0133. The number of halogens is 1. The first-order chi connectivity index (χ1) is 21.0. The van der Waals surface area contributed by atoms with Crippen LogP contribution in [0.25, 0.3) is 32.8 Å². The third kappa shape index (κ3) is 4.70. The minimum atomic E-state index is -0.412. The van der Waals surface area contributed by atoms with Crippen LogP contribution in [0.15, 0.2) is 48.5 Å². The summed E-state index contributed by atoms with van der Waals surface area (Å²) in [6.07, 6.45) is 9.26. The van der Waals surface area contributed by atoms with Crippen molar-refractivity contribution in [3.63, 3.8) is 0 Å². The Bertz CT molecular complexity index is 1700. The molecule has 4 aromatic rings. The number of rotatable bonds is 5. The topological polar surface area (TPSA) is 73.8 Å². The van der Waals surface area contributed by atoms with Crippen molar-refractivity contribution in [3.8, 4) is 22.9 Å². The zero-order chi connectivity index (χ0) is 29.1. The van der Waals surface area contributed by atoms with Crippen molar-refractivity contribution in [2.24, 2.45) is 5.41 Å². The first-order valence-electron chi connectivity index (χ1n) is 16.0. The molecule has 1 aromatic heterocycles. The second-order valence-electron chi connectivity index (χ2n) is 13.4. The molecule has 2 bridgehead atoms. The molecule has 3 aromatic carbocycles. The number of phenolic OH excluding ortho intramolecular Hbond substituents is 1. The van der Waals surface area contributed by atoms with Crippen LogP contribution in [0, 0.1) is 11.2 Å². The summed E-state index contributed by atoms with van der Waals surface area (Å²) in [4.78, 5) is 14.6. The van der Waals surface area contributed by atoms with Gasteiger partial charge in [-0.25, -0.2) is 4.39 Å². The number of benzene rings is 3. The Balaban J connectivity index is 1.24. The van der Waals surface area contributed by atoms with E-state index in [1.165, 1.54) is 25.7 Å². The summed E-state index contributed by atoms with van der Waals surface area (Å²) in [5.74, 6) is 0.447. The number of anilines is 1. The SMILES string of the molecule is CN1CCCC2(COc3nc(N4CCC5CCC(C4)N5)c4ccc(-c5cc(O)cc6ccccc56)c(F)c4n3)CCCC12. The third-order valence-corrected chi connectivity index (χ3v) is 10.8. The second-order valence-corrected chi connectivity index (χ2v) is 13.4. The van der Waals surface area contributed by atoms with Gasteiger partial charge in [0.05, 0.1) is 6.61 Å². The van der Waals surface area contributed by atoms with E-state index in [4.69, 9.17) is 14.7 Å². The fourth-order valence-corrected chi connectivity index (χ4v) is 8.68. The summed E-state index contributed by atoms with van der Waals surface area (Å²) in [6, 6.07) is 16.6. The number of likely N-dealkylation sites (tertiary alicyclic amines) is 1. The van der Waals surface area contributed by atoms with Crippen molar-refractivity contribution in [2.75, 3.05) is 38.2 Å². The number of phenols is 1. The van der Waals surface area contributed by atoms with Crippen LogP contribution in [-0.2, 0) is 0 Å². The number of nitrogens with zero attached hydrogens (tertiary/aromatic N) is 4. The number of nitrogens with one attached hydrogen (secondary N) is 1. The fraction of sp³-hybridized carbons (Fsp3) is 0.486. The summed E-state index contributed by atoms with van der Waals surface area (Å²) < 4.78 is 23.3. The largest absolute Gasteiger partial charge is 0.508 e. The van der Waals surface area contributed by atoms with Gasteiger partial charge in [0.2, 0.25) is 0 Å². The van der Waals surface area contributed by atoms with Gasteiger partial charge in [-0.3, -0.25) is 0 Å².